The van der Waals surface area contributed by atoms with Gasteiger partial charge in [-0.25, -0.2) is 13.4 Å². The van der Waals surface area contributed by atoms with Crippen molar-refractivity contribution in [3.8, 4) is 5.75 Å². The standard InChI is InChI=1S/C20H33N3O4S.HI/c1-4-27-13-5-12-21-19(22-14-17-6-8-18(26-2)9-7-17)23-15-20(10-11-20)16-28(3,24)25;/h6-9H,4-5,10-16H2,1-3H3,(H2,21,22,23);1H. The van der Waals surface area contributed by atoms with Gasteiger partial charge < -0.3 is 20.1 Å². The van der Waals surface area contributed by atoms with Gasteiger partial charge in [0, 0.05) is 38.0 Å². The van der Waals surface area contributed by atoms with E-state index < -0.39 is 9.84 Å². The number of nitrogens with zero attached hydrogens (tertiary/aromatic N) is 1. The Morgan fingerprint density at radius 3 is 2.45 bits per heavy atom. The third-order valence-electron chi connectivity index (χ3n) is 4.70. The minimum atomic E-state index is -2.99. The number of guanidine groups is 1. The van der Waals surface area contributed by atoms with Gasteiger partial charge in [0.25, 0.3) is 0 Å². The number of methoxy groups -OCH3 is 1. The van der Waals surface area contributed by atoms with Gasteiger partial charge in [-0.3, -0.25) is 0 Å². The van der Waals surface area contributed by atoms with Gasteiger partial charge in [0.1, 0.15) is 15.6 Å². The monoisotopic (exact) mass is 539 g/mol. The number of aliphatic imine (C=N–C) groups is 1. The van der Waals surface area contributed by atoms with Crippen LogP contribution in [-0.2, 0) is 21.1 Å². The fourth-order valence-electron chi connectivity index (χ4n) is 2.98. The Kier molecular flexibility index (Phi) is 11.3. The topological polar surface area (TPSA) is 89.0 Å². The average molecular weight is 539 g/mol. The summed E-state index contributed by atoms with van der Waals surface area (Å²) >= 11 is 0. The SMILES string of the molecule is CCOCCCNC(=NCc1ccc(OC)cc1)NCC1(CS(C)(=O)=O)CC1.I. The van der Waals surface area contributed by atoms with Crippen LogP contribution >= 0.6 is 24.0 Å². The second-order valence-corrected chi connectivity index (χ2v) is 9.55. The smallest absolute Gasteiger partial charge is 0.191 e. The summed E-state index contributed by atoms with van der Waals surface area (Å²) in [7, 11) is -1.34. The normalized spacial score (nSPS) is 15.3. The summed E-state index contributed by atoms with van der Waals surface area (Å²) in [4.78, 5) is 4.66. The molecule has 1 aromatic rings. The van der Waals surface area contributed by atoms with Gasteiger partial charge in [-0.15, -0.1) is 24.0 Å². The molecular formula is C20H34IN3O4S. The van der Waals surface area contributed by atoms with E-state index in [9.17, 15) is 8.42 Å². The predicted octanol–water partition coefficient (Wildman–Crippen LogP) is 2.60. The zero-order valence-corrected chi connectivity index (χ0v) is 20.7. The molecule has 1 aromatic carbocycles. The van der Waals surface area contributed by atoms with Crippen molar-refractivity contribution in [1.82, 2.24) is 10.6 Å². The van der Waals surface area contributed by atoms with Crippen LogP contribution in [0.25, 0.3) is 0 Å². The second kappa shape index (κ2) is 12.6. The first-order chi connectivity index (χ1) is 13.4. The van der Waals surface area contributed by atoms with Crippen molar-refractivity contribution in [1.29, 1.82) is 0 Å². The maximum atomic E-state index is 11.7. The number of hydrogen-bond acceptors (Lipinski definition) is 5. The first-order valence-electron chi connectivity index (χ1n) is 9.76. The largest absolute Gasteiger partial charge is 0.497 e. The zero-order chi connectivity index (χ0) is 20.5. The molecule has 0 radical (unpaired) electrons. The first-order valence-corrected chi connectivity index (χ1v) is 11.8. The van der Waals surface area contributed by atoms with E-state index in [0.717, 1.165) is 37.1 Å². The molecule has 0 amide bonds. The molecule has 166 valence electrons. The van der Waals surface area contributed by atoms with Crippen LogP contribution in [-0.4, -0.2) is 59.8 Å². The van der Waals surface area contributed by atoms with Crippen molar-refractivity contribution < 1.29 is 17.9 Å². The Bertz CT molecular complexity index is 735. The lowest BCUT2D eigenvalue weighted by atomic mass is 10.1. The zero-order valence-electron chi connectivity index (χ0n) is 17.6. The Morgan fingerprint density at radius 2 is 1.90 bits per heavy atom. The van der Waals surface area contributed by atoms with Crippen LogP contribution in [0, 0.1) is 5.41 Å². The lowest BCUT2D eigenvalue weighted by Gasteiger charge is -2.18. The Hall–Kier alpha value is -1.07. The molecule has 0 unspecified atom stereocenters. The maximum absolute atomic E-state index is 11.7. The van der Waals surface area contributed by atoms with Gasteiger partial charge in [0.2, 0.25) is 0 Å². The molecule has 0 aliphatic heterocycles. The molecule has 2 N–H and O–H groups in total. The fraction of sp³-hybridized carbons (Fsp3) is 0.650. The minimum absolute atomic E-state index is 0. The summed E-state index contributed by atoms with van der Waals surface area (Å²) in [5, 5.41) is 6.66. The van der Waals surface area contributed by atoms with E-state index in [2.05, 4.69) is 15.6 Å². The fourth-order valence-corrected chi connectivity index (χ4v) is 4.48. The summed E-state index contributed by atoms with van der Waals surface area (Å²) < 4.78 is 33.9. The van der Waals surface area contributed by atoms with Crippen LogP contribution < -0.4 is 15.4 Å². The van der Waals surface area contributed by atoms with E-state index in [1.54, 1.807) is 7.11 Å². The molecule has 2 rings (SSSR count). The van der Waals surface area contributed by atoms with Crippen LogP contribution in [0.3, 0.4) is 0 Å². The highest BCUT2D eigenvalue weighted by molar-refractivity contribution is 14.0. The number of benzene rings is 1. The lowest BCUT2D eigenvalue weighted by molar-refractivity contribution is 0.145. The molecule has 29 heavy (non-hydrogen) atoms. The highest BCUT2D eigenvalue weighted by Gasteiger charge is 2.45. The number of halogens is 1. The van der Waals surface area contributed by atoms with Crippen LogP contribution in [0.1, 0.15) is 31.7 Å². The van der Waals surface area contributed by atoms with E-state index in [1.165, 1.54) is 6.26 Å². The van der Waals surface area contributed by atoms with Crippen molar-refractivity contribution in [2.75, 3.05) is 45.4 Å². The average Bonchev–Trinajstić information content (AvgIpc) is 3.41. The number of sulfone groups is 1. The van der Waals surface area contributed by atoms with Crippen LogP contribution in [0.15, 0.2) is 29.3 Å². The van der Waals surface area contributed by atoms with Crippen molar-refractivity contribution >= 4 is 39.8 Å². The predicted molar refractivity (Wildman–Crippen MR) is 128 cm³/mol. The molecule has 0 spiro atoms. The van der Waals surface area contributed by atoms with Crippen molar-refractivity contribution in [3.63, 3.8) is 0 Å². The van der Waals surface area contributed by atoms with Crippen molar-refractivity contribution in [2.45, 2.75) is 32.7 Å². The molecule has 1 saturated carbocycles. The van der Waals surface area contributed by atoms with Gasteiger partial charge in [-0.05, 0) is 43.9 Å². The Morgan fingerprint density at radius 1 is 1.21 bits per heavy atom. The van der Waals surface area contributed by atoms with Crippen molar-refractivity contribution in [2.24, 2.45) is 10.4 Å². The highest BCUT2D eigenvalue weighted by Crippen LogP contribution is 2.45. The van der Waals surface area contributed by atoms with Crippen LogP contribution in [0.5, 0.6) is 5.75 Å². The highest BCUT2D eigenvalue weighted by atomic mass is 127. The van der Waals surface area contributed by atoms with Crippen molar-refractivity contribution in [3.05, 3.63) is 29.8 Å². The molecule has 0 saturated heterocycles. The van der Waals surface area contributed by atoms with Crippen LogP contribution in [0.4, 0.5) is 0 Å². The van der Waals surface area contributed by atoms with E-state index in [1.807, 2.05) is 31.2 Å². The lowest BCUT2D eigenvalue weighted by Crippen LogP contribution is -2.42. The maximum Gasteiger partial charge on any atom is 0.191 e. The molecule has 0 bridgehead atoms. The second-order valence-electron chi connectivity index (χ2n) is 7.41. The molecule has 1 aliphatic carbocycles. The van der Waals surface area contributed by atoms with Crippen LogP contribution in [0.2, 0.25) is 0 Å². The number of nitrogens with one attached hydrogen (secondary N) is 2. The summed E-state index contributed by atoms with van der Waals surface area (Å²) in [6.07, 6.45) is 4.05. The molecule has 1 fully saturated rings. The third kappa shape index (κ3) is 10.5. The van der Waals surface area contributed by atoms with Gasteiger partial charge >= 0.3 is 0 Å². The Balaban J connectivity index is 0.00000420. The molecule has 1 aliphatic rings. The molecular weight excluding hydrogens is 505 g/mol. The number of hydrogen-bond donors (Lipinski definition) is 2. The molecule has 0 aromatic heterocycles. The molecule has 0 atom stereocenters. The minimum Gasteiger partial charge on any atom is -0.497 e. The van der Waals surface area contributed by atoms with E-state index >= 15 is 0 Å². The van der Waals surface area contributed by atoms with Gasteiger partial charge in [-0.2, -0.15) is 0 Å². The van der Waals surface area contributed by atoms with Gasteiger partial charge in [0.05, 0.1) is 19.4 Å². The van der Waals surface area contributed by atoms with E-state index in [-0.39, 0.29) is 35.1 Å². The molecule has 7 nitrogen and oxygen atoms in total. The summed E-state index contributed by atoms with van der Waals surface area (Å²) in [5.74, 6) is 1.74. The van der Waals surface area contributed by atoms with Gasteiger partial charge in [-0.1, -0.05) is 12.1 Å². The van der Waals surface area contributed by atoms with E-state index in [4.69, 9.17) is 9.47 Å². The first kappa shape index (κ1) is 26.0. The molecule has 0 heterocycles. The number of ether oxygens (including phenoxy) is 2. The summed E-state index contributed by atoms with van der Waals surface area (Å²) in [6.45, 7) is 5.28. The van der Waals surface area contributed by atoms with Gasteiger partial charge in [0.15, 0.2) is 5.96 Å². The third-order valence-corrected chi connectivity index (χ3v) is 5.83. The summed E-state index contributed by atoms with van der Waals surface area (Å²) in [5.41, 5.74) is 0.926. The van der Waals surface area contributed by atoms with E-state index in [0.29, 0.717) is 32.3 Å². The quantitative estimate of drug-likeness (QED) is 0.184. The molecule has 9 heteroatoms. The Labute approximate surface area is 192 Å². The number of rotatable bonds is 12. The summed E-state index contributed by atoms with van der Waals surface area (Å²) in [6, 6.07) is 7.81.